The van der Waals surface area contributed by atoms with Crippen molar-refractivity contribution in [1.82, 2.24) is 19.8 Å². The first-order valence-corrected chi connectivity index (χ1v) is 6.59. The van der Waals surface area contributed by atoms with Crippen molar-refractivity contribution in [2.75, 3.05) is 7.05 Å². The van der Waals surface area contributed by atoms with Crippen molar-refractivity contribution in [2.24, 2.45) is 0 Å². The molecular weight excluding hydrogens is 287 g/mol. The zero-order chi connectivity index (χ0) is 15.5. The van der Waals surface area contributed by atoms with E-state index in [0.29, 0.717) is 6.54 Å². The lowest BCUT2D eigenvalue weighted by Crippen LogP contribution is -2.25. The van der Waals surface area contributed by atoms with E-state index < -0.39 is 0 Å². The number of nitrogens with zero attached hydrogens (tertiary/aromatic N) is 4. The molecule has 0 aliphatic heterocycles. The van der Waals surface area contributed by atoms with Gasteiger partial charge in [0.15, 0.2) is 0 Å². The lowest BCUT2D eigenvalue weighted by Gasteiger charge is -2.13. The number of hydrogen-bond acceptors (Lipinski definition) is 4. The summed E-state index contributed by atoms with van der Waals surface area (Å²) in [6.45, 7) is 0.376. The number of benzene rings is 1. The van der Waals surface area contributed by atoms with Gasteiger partial charge in [0.05, 0.1) is 18.1 Å². The quantitative estimate of drug-likeness (QED) is 0.741. The molecule has 0 aliphatic rings. The lowest BCUT2D eigenvalue weighted by atomic mass is 10.3. The van der Waals surface area contributed by atoms with Gasteiger partial charge in [0.1, 0.15) is 5.82 Å². The molecule has 0 radical (unpaired) electrons. The Morgan fingerprint density at radius 2 is 2.09 bits per heavy atom. The molecular formula is C15H13FN4O2. The van der Waals surface area contributed by atoms with E-state index in [1.54, 1.807) is 36.3 Å². The van der Waals surface area contributed by atoms with Gasteiger partial charge in [-0.25, -0.2) is 9.07 Å². The standard InChI is InChI=1S/C15H13FN4O2/c1-19(15(21)14-6-7-18-22-14)9-11-8-17-20(10-11)13-4-2-12(16)3-5-13/h2-8,10H,9H2,1H3. The number of carbonyl (C=O) groups excluding carboxylic acids is 1. The van der Waals surface area contributed by atoms with Gasteiger partial charge in [0, 0.05) is 31.4 Å². The molecule has 0 aliphatic carbocycles. The van der Waals surface area contributed by atoms with Crippen molar-refractivity contribution in [2.45, 2.75) is 6.54 Å². The summed E-state index contributed by atoms with van der Waals surface area (Å²) in [5.41, 5.74) is 1.59. The zero-order valence-electron chi connectivity index (χ0n) is 11.8. The molecule has 0 fully saturated rings. The molecule has 1 amide bonds. The summed E-state index contributed by atoms with van der Waals surface area (Å²) in [6, 6.07) is 7.53. The minimum absolute atomic E-state index is 0.188. The van der Waals surface area contributed by atoms with Gasteiger partial charge < -0.3 is 9.42 Å². The highest BCUT2D eigenvalue weighted by atomic mass is 19.1. The molecule has 0 N–H and O–H groups in total. The summed E-state index contributed by atoms with van der Waals surface area (Å²) in [6.07, 6.45) is 4.87. The summed E-state index contributed by atoms with van der Waals surface area (Å²) < 4.78 is 19.4. The Bertz CT molecular complexity index is 765. The molecule has 7 heteroatoms. The third-order valence-electron chi connectivity index (χ3n) is 3.14. The minimum Gasteiger partial charge on any atom is -0.351 e. The van der Waals surface area contributed by atoms with E-state index in [1.807, 2.05) is 0 Å². The second kappa shape index (κ2) is 5.80. The molecule has 3 aromatic rings. The van der Waals surface area contributed by atoms with Crippen LogP contribution in [0.15, 0.2) is 53.4 Å². The summed E-state index contributed by atoms with van der Waals surface area (Å²) >= 11 is 0. The van der Waals surface area contributed by atoms with Gasteiger partial charge in [-0.15, -0.1) is 0 Å². The van der Waals surface area contributed by atoms with E-state index in [2.05, 4.69) is 10.3 Å². The molecule has 1 aromatic carbocycles. The molecule has 0 atom stereocenters. The topological polar surface area (TPSA) is 64.2 Å². The fraction of sp³-hybridized carbons (Fsp3) is 0.133. The number of amides is 1. The van der Waals surface area contributed by atoms with Crippen molar-refractivity contribution < 1.29 is 13.7 Å². The maximum Gasteiger partial charge on any atom is 0.292 e. The molecule has 2 heterocycles. The Morgan fingerprint density at radius 3 is 2.77 bits per heavy atom. The molecule has 112 valence electrons. The third-order valence-corrected chi connectivity index (χ3v) is 3.14. The SMILES string of the molecule is CN(Cc1cnn(-c2ccc(F)cc2)c1)C(=O)c1ccno1. The van der Waals surface area contributed by atoms with Crippen LogP contribution in [0.3, 0.4) is 0 Å². The maximum absolute atomic E-state index is 12.9. The zero-order valence-corrected chi connectivity index (χ0v) is 11.8. The van der Waals surface area contributed by atoms with Gasteiger partial charge >= 0.3 is 0 Å². The number of halogens is 1. The number of carbonyl (C=O) groups is 1. The Kier molecular flexibility index (Phi) is 3.69. The van der Waals surface area contributed by atoms with E-state index in [1.165, 1.54) is 29.3 Å². The molecule has 22 heavy (non-hydrogen) atoms. The van der Waals surface area contributed by atoms with E-state index >= 15 is 0 Å². The molecule has 6 nitrogen and oxygen atoms in total. The second-order valence-electron chi connectivity index (χ2n) is 4.81. The largest absolute Gasteiger partial charge is 0.351 e. The van der Waals surface area contributed by atoms with Gasteiger partial charge in [-0.1, -0.05) is 5.16 Å². The molecule has 3 rings (SSSR count). The van der Waals surface area contributed by atoms with Crippen LogP contribution in [-0.4, -0.2) is 32.8 Å². The van der Waals surface area contributed by atoms with Crippen molar-refractivity contribution in [3.05, 3.63) is 66.1 Å². The molecule has 0 saturated heterocycles. The molecule has 0 bridgehead atoms. The Morgan fingerprint density at radius 1 is 1.32 bits per heavy atom. The van der Waals surface area contributed by atoms with Crippen LogP contribution < -0.4 is 0 Å². The van der Waals surface area contributed by atoms with Crippen molar-refractivity contribution in [3.63, 3.8) is 0 Å². The predicted molar refractivity (Wildman–Crippen MR) is 75.8 cm³/mol. The summed E-state index contributed by atoms with van der Waals surface area (Å²) in [7, 11) is 1.67. The van der Waals surface area contributed by atoms with Crippen LogP contribution in [0, 0.1) is 5.82 Å². The lowest BCUT2D eigenvalue weighted by molar-refractivity contribution is 0.0743. The van der Waals surface area contributed by atoms with Gasteiger partial charge in [-0.05, 0) is 24.3 Å². The van der Waals surface area contributed by atoms with Gasteiger partial charge in [0.2, 0.25) is 5.76 Å². The molecule has 0 spiro atoms. The van der Waals surface area contributed by atoms with Crippen LogP contribution in [0.4, 0.5) is 4.39 Å². The molecule has 0 saturated carbocycles. The smallest absolute Gasteiger partial charge is 0.292 e. The van der Waals surface area contributed by atoms with Crippen LogP contribution in [-0.2, 0) is 6.54 Å². The van der Waals surface area contributed by atoms with E-state index in [9.17, 15) is 9.18 Å². The van der Waals surface area contributed by atoms with Crippen LogP contribution in [0.25, 0.3) is 5.69 Å². The summed E-state index contributed by atoms with van der Waals surface area (Å²) in [5, 5.41) is 7.73. The second-order valence-corrected chi connectivity index (χ2v) is 4.81. The van der Waals surface area contributed by atoms with E-state index in [-0.39, 0.29) is 17.5 Å². The van der Waals surface area contributed by atoms with Crippen molar-refractivity contribution >= 4 is 5.91 Å². The maximum atomic E-state index is 12.9. The van der Waals surface area contributed by atoms with Crippen molar-refractivity contribution in [1.29, 1.82) is 0 Å². The Balaban J connectivity index is 1.71. The minimum atomic E-state index is -0.298. The van der Waals surface area contributed by atoms with E-state index in [4.69, 9.17) is 4.52 Å². The highest BCUT2D eigenvalue weighted by Crippen LogP contribution is 2.12. The fourth-order valence-corrected chi connectivity index (χ4v) is 2.04. The first-order valence-electron chi connectivity index (χ1n) is 6.59. The predicted octanol–water partition coefficient (Wildman–Crippen LogP) is 2.27. The Hall–Kier alpha value is -2.96. The highest BCUT2D eigenvalue weighted by molar-refractivity contribution is 5.91. The summed E-state index contributed by atoms with van der Waals surface area (Å²) in [4.78, 5) is 13.6. The third kappa shape index (κ3) is 2.88. The van der Waals surface area contributed by atoms with Crippen LogP contribution in [0.2, 0.25) is 0 Å². The monoisotopic (exact) mass is 300 g/mol. The van der Waals surface area contributed by atoms with Gasteiger partial charge in [-0.3, -0.25) is 4.79 Å². The fourth-order valence-electron chi connectivity index (χ4n) is 2.04. The van der Waals surface area contributed by atoms with Crippen molar-refractivity contribution in [3.8, 4) is 5.69 Å². The highest BCUT2D eigenvalue weighted by Gasteiger charge is 2.16. The number of rotatable bonds is 4. The average Bonchev–Trinajstić information content (AvgIpc) is 3.18. The van der Waals surface area contributed by atoms with Crippen LogP contribution >= 0.6 is 0 Å². The van der Waals surface area contributed by atoms with Crippen LogP contribution in [0.5, 0.6) is 0 Å². The Labute approximate surface area is 125 Å². The van der Waals surface area contributed by atoms with E-state index in [0.717, 1.165) is 11.3 Å². The average molecular weight is 300 g/mol. The van der Waals surface area contributed by atoms with Gasteiger partial charge in [-0.2, -0.15) is 5.10 Å². The number of aromatic nitrogens is 3. The molecule has 2 aromatic heterocycles. The molecule has 0 unspecified atom stereocenters. The van der Waals surface area contributed by atoms with Gasteiger partial charge in [0.25, 0.3) is 5.91 Å². The summed E-state index contributed by atoms with van der Waals surface area (Å²) in [5.74, 6) is -0.367. The number of hydrogen-bond donors (Lipinski definition) is 0. The first kappa shape index (κ1) is 14.0. The first-order chi connectivity index (χ1) is 10.6. The van der Waals surface area contributed by atoms with Crippen LogP contribution in [0.1, 0.15) is 16.1 Å². The normalized spacial score (nSPS) is 10.6.